The molecule has 1 aromatic carbocycles. The van der Waals surface area contributed by atoms with E-state index < -0.39 is 5.72 Å². The Morgan fingerprint density at radius 1 is 1.15 bits per heavy atom. The average molecular weight is 265 g/mol. The van der Waals surface area contributed by atoms with Crippen molar-refractivity contribution in [1.82, 2.24) is 9.88 Å². The Labute approximate surface area is 117 Å². The van der Waals surface area contributed by atoms with Crippen LogP contribution in [0.15, 0.2) is 53.8 Å². The molecular formula is C16H15N3O. The van der Waals surface area contributed by atoms with Crippen molar-refractivity contribution in [2.24, 2.45) is 4.99 Å². The molecule has 4 rings (SSSR count). The molecule has 0 unspecified atom stereocenters. The summed E-state index contributed by atoms with van der Waals surface area (Å²) >= 11 is 0. The lowest BCUT2D eigenvalue weighted by Crippen LogP contribution is -2.53. The van der Waals surface area contributed by atoms with Crippen molar-refractivity contribution in [3.05, 3.63) is 65.5 Å². The van der Waals surface area contributed by atoms with Crippen molar-refractivity contribution in [2.45, 2.75) is 12.1 Å². The molecule has 0 saturated carbocycles. The van der Waals surface area contributed by atoms with Crippen LogP contribution in [0.5, 0.6) is 0 Å². The largest absolute Gasteiger partial charge is 0.366 e. The summed E-state index contributed by atoms with van der Waals surface area (Å²) in [6.07, 6.45) is 4.03. The van der Waals surface area contributed by atoms with E-state index in [9.17, 15) is 5.11 Å². The lowest BCUT2D eigenvalue weighted by atomic mass is 9.87. The molecule has 1 aromatic heterocycles. The molecule has 0 aliphatic carbocycles. The second kappa shape index (κ2) is 4.15. The number of rotatable bonds is 1. The van der Waals surface area contributed by atoms with Gasteiger partial charge in [0.2, 0.25) is 0 Å². The van der Waals surface area contributed by atoms with Gasteiger partial charge in [-0.25, -0.2) is 0 Å². The summed E-state index contributed by atoms with van der Waals surface area (Å²) in [6.45, 7) is 1.47. The van der Waals surface area contributed by atoms with Gasteiger partial charge in [0.05, 0.1) is 6.54 Å². The summed E-state index contributed by atoms with van der Waals surface area (Å²) in [5.74, 6) is 0.901. The Balaban J connectivity index is 1.90. The second-order valence-corrected chi connectivity index (χ2v) is 5.25. The van der Waals surface area contributed by atoms with Gasteiger partial charge in [0.1, 0.15) is 5.84 Å². The van der Waals surface area contributed by atoms with Crippen LogP contribution in [0, 0.1) is 0 Å². The Bertz CT molecular complexity index is 683. The summed E-state index contributed by atoms with van der Waals surface area (Å²) in [6, 6.07) is 12.0. The van der Waals surface area contributed by atoms with Crippen molar-refractivity contribution < 1.29 is 5.11 Å². The fourth-order valence-corrected chi connectivity index (χ4v) is 3.15. The van der Waals surface area contributed by atoms with E-state index >= 15 is 0 Å². The standard InChI is InChI=1S/C16H15N3O/c20-16(13-5-3-7-17-11-13)10-12-4-1-2-6-14(12)15-18-8-9-19(15)16/h1-7,11,20H,8-10H2/t16-/m0/s1. The number of pyridine rings is 1. The normalized spacial score (nSPS) is 24.1. The predicted octanol–water partition coefficient (Wildman–Crippen LogP) is 1.55. The maximum Gasteiger partial charge on any atom is 0.171 e. The van der Waals surface area contributed by atoms with Gasteiger partial charge in [0, 0.05) is 36.5 Å². The van der Waals surface area contributed by atoms with Crippen molar-refractivity contribution in [2.75, 3.05) is 13.1 Å². The van der Waals surface area contributed by atoms with Crippen LogP contribution >= 0.6 is 0 Å². The number of fused-ring (bicyclic) bond motifs is 3. The topological polar surface area (TPSA) is 48.7 Å². The number of hydrogen-bond acceptors (Lipinski definition) is 4. The molecule has 1 atom stereocenters. The van der Waals surface area contributed by atoms with Gasteiger partial charge >= 0.3 is 0 Å². The number of aliphatic hydroxyl groups is 1. The molecule has 0 fully saturated rings. The third-order valence-corrected chi connectivity index (χ3v) is 4.11. The highest BCUT2D eigenvalue weighted by molar-refractivity contribution is 6.02. The van der Waals surface area contributed by atoms with E-state index in [1.54, 1.807) is 12.4 Å². The fourth-order valence-electron chi connectivity index (χ4n) is 3.15. The van der Waals surface area contributed by atoms with E-state index in [0.29, 0.717) is 6.42 Å². The summed E-state index contributed by atoms with van der Waals surface area (Å²) in [4.78, 5) is 10.7. The minimum atomic E-state index is -1.04. The molecule has 2 aliphatic heterocycles. The number of hydrogen-bond donors (Lipinski definition) is 1. The zero-order chi connectivity index (χ0) is 13.6. The van der Waals surface area contributed by atoms with E-state index in [1.807, 2.05) is 29.2 Å². The van der Waals surface area contributed by atoms with Crippen LogP contribution in [0.25, 0.3) is 0 Å². The lowest BCUT2D eigenvalue weighted by molar-refractivity contribution is -0.0747. The van der Waals surface area contributed by atoms with Crippen molar-refractivity contribution in [1.29, 1.82) is 0 Å². The maximum absolute atomic E-state index is 11.3. The van der Waals surface area contributed by atoms with E-state index in [4.69, 9.17) is 0 Å². The number of aromatic nitrogens is 1. The van der Waals surface area contributed by atoms with E-state index in [0.717, 1.165) is 35.6 Å². The molecule has 1 N–H and O–H groups in total. The molecule has 0 radical (unpaired) electrons. The molecule has 0 bridgehead atoms. The Hall–Kier alpha value is -2.20. The van der Waals surface area contributed by atoms with Crippen LogP contribution in [0.3, 0.4) is 0 Å². The van der Waals surface area contributed by atoms with E-state index in [1.165, 1.54) is 0 Å². The minimum Gasteiger partial charge on any atom is -0.366 e. The summed E-state index contributed by atoms with van der Waals surface area (Å²) in [5, 5.41) is 11.3. The SMILES string of the molecule is O[C@]1(c2cccnc2)Cc2ccccc2C2=NCCN21. The molecule has 0 saturated heterocycles. The van der Waals surface area contributed by atoms with Gasteiger partial charge in [-0.15, -0.1) is 0 Å². The molecule has 4 nitrogen and oxygen atoms in total. The molecule has 0 amide bonds. The Morgan fingerprint density at radius 3 is 2.90 bits per heavy atom. The van der Waals surface area contributed by atoms with Gasteiger partial charge in [0.25, 0.3) is 0 Å². The lowest BCUT2D eigenvalue weighted by Gasteiger charge is -2.43. The van der Waals surface area contributed by atoms with Crippen LogP contribution < -0.4 is 0 Å². The van der Waals surface area contributed by atoms with Crippen molar-refractivity contribution >= 4 is 5.84 Å². The molecule has 100 valence electrons. The van der Waals surface area contributed by atoms with E-state index in [-0.39, 0.29) is 0 Å². The van der Waals surface area contributed by atoms with Crippen LogP contribution in [0.4, 0.5) is 0 Å². The van der Waals surface area contributed by atoms with Gasteiger partial charge < -0.3 is 10.0 Å². The van der Waals surface area contributed by atoms with Gasteiger partial charge in [-0.1, -0.05) is 30.3 Å². The van der Waals surface area contributed by atoms with Gasteiger partial charge in [-0.2, -0.15) is 0 Å². The van der Waals surface area contributed by atoms with Gasteiger partial charge in [-0.05, 0) is 11.6 Å². The average Bonchev–Trinajstić information content (AvgIpc) is 2.99. The fraction of sp³-hybridized carbons (Fsp3) is 0.250. The molecule has 0 spiro atoms. The molecule has 20 heavy (non-hydrogen) atoms. The number of amidine groups is 1. The highest BCUT2D eigenvalue weighted by Gasteiger charge is 2.44. The maximum atomic E-state index is 11.3. The first kappa shape index (κ1) is 11.6. The highest BCUT2D eigenvalue weighted by Crippen LogP contribution is 2.38. The first-order chi connectivity index (χ1) is 9.79. The molecule has 2 aliphatic rings. The number of nitrogens with zero attached hydrogens (tertiary/aromatic N) is 3. The minimum absolute atomic E-state index is 0.563. The third kappa shape index (κ3) is 1.51. The van der Waals surface area contributed by atoms with Crippen LogP contribution in [-0.4, -0.2) is 33.9 Å². The predicted molar refractivity (Wildman–Crippen MR) is 76.4 cm³/mol. The first-order valence-corrected chi connectivity index (χ1v) is 6.82. The zero-order valence-corrected chi connectivity index (χ0v) is 11.0. The molecular weight excluding hydrogens is 250 g/mol. The zero-order valence-electron chi connectivity index (χ0n) is 11.0. The first-order valence-electron chi connectivity index (χ1n) is 6.82. The Morgan fingerprint density at radius 2 is 2.05 bits per heavy atom. The Kier molecular flexibility index (Phi) is 2.41. The monoisotopic (exact) mass is 265 g/mol. The molecule has 4 heteroatoms. The summed E-state index contributed by atoms with van der Waals surface area (Å²) < 4.78 is 0. The molecule has 3 heterocycles. The van der Waals surface area contributed by atoms with Gasteiger partial charge in [-0.3, -0.25) is 9.98 Å². The third-order valence-electron chi connectivity index (χ3n) is 4.11. The van der Waals surface area contributed by atoms with Crippen molar-refractivity contribution in [3.8, 4) is 0 Å². The highest BCUT2D eigenvalue weighted by atomic mass is 16.3. The smallest absolute Gasteiger partial charge is 0.171 e. The van der Waals surface area contributed by atoms with Gasteiger partial charge in [0.15, 0.2) is 5.72 Å². The summed E-state index contributed by atoms with van der Waals surface area (Å²) in [7, 11) is 0. The van der Waals surface area contributed by atoms with Crippen LogP contribution in [-0.2, 0) is 12.1 Å². The quantitative estimate of drug-likeness (QED) is 0.851. The number of benzene rings is 1. The van der Waals surface area contributed by atoms with Crippen LogP contribution in [0.2, 0.25) is 0 Å². The van der Waals surface area contributed by atoms with Crippen LogP contribution in [0.1, 0.15) is 16.7 Å². The van der Waals surface area contributed by atoms with Crippen molar-refractivity contribution in [3.63, 3.8) is 0 Å². The second-order valence-electron chi connectivity index (χ2n) is 5.25. The van der Waals surface area contributed by atoms with E-state index in [2.05, 4.69) is 22.1 Å². The summed E-state index contributed by atoms with van der Waals surface area (Å²) in [5.41, 5.74) is 2.05. The number of aliphatic imine (C=N–C) groups is 1. The molecule has 2 aromatic rings.